The Hall–Kier alpha value is -1.26. The van der Waals surface area contributed by atoms with E-state index in [0.717, 1.165) is 12.8 Å². The molecular formula is C13H15Cl2N3O. The van der Waals surface area contributed by atoms with Crippen molar-refractivity contribution in [2.45, 2.75) is 32.4 Å². The van der Waals surface area contributed by atoms with Crippen molar-refractivity contribution in [1.29, 1.82) is 0 Å². The Bertz CT molecular complexity index is 517. The van der Waals surface area contributed by atoms with Gasteiger partial charge < -0.3 is 4.74 Å². The monoisotopic (exact) mass is 299 g/mol. The van der Waals surface area contributed by atoms with E-state index in [2.05, 4.69) is 17.0 Å². The molecular weight excluding hydrogens is 285 g/mol. The number of benzene rings is 1. The Morgan fingerprint density at radius 2 is 2.21 bits per heavy atom. The van der Waals surface area contributed by atoms with Crippen molar-refractivity contribution < 1.29 is 4.74 Å². The molecule has 0 fully saturated rings. The first kappa shape index (κ1) is 14.2. The Kier molecular flexibility index (Phi) is 5.05. The van der Waals surface area contributed by atoms with Crippen molar-refractivity contribution >= 4 is 23.2 Å². The van der Waals surface area contributed by atoms with Gasteiger partial charge >= 0.3 is 0 Å². The fourth-order valence-corrected chi connectivity index (χ4v) is 2.25. The summed E-state index contributed by atoms with van der Waals surface area (Å²) in [6, 6.07) is 5.23. The molecule has 0 bridgehead atoms. The SMILES string of the molecule is CCCC(Cn1cncn1)Oc1ccc(Cl)cc1Cl. The highest BCUT2D eigenvalue weighted by molar-refractivity contribution is 6.35. The van der Waals surface area contributed by atoms with Crippen molar-refractivity contribution in [2.24, 2.45) is 0 Å². The maximum Gasteiger partial charge on any atom is 0.138 e. The van der Waals surface area contributed by atoms with Gasteiger partial charge in [-0.3, -0.25) is 0 Å². The lowest BCUT2D eigenvalue weighted by molar-refractivity contribution is 0.164. The quantitative estimate of drug-likeness (QED) is 0.814. The molecule has 4 nitrogen and oxygen atoms in total. The lowest BCUT2D eigenvalue weighted by atomic mass is 10.2. The normalized spacial score (nSPS) is 12.4. The van der Waals surface area contributed by atoms with Crippen LogP contribution in [0.3, 0.4) is 0 Å². The predicted octanol–water partition coefficient (Wildman–Crippen LogP) is 3.83. The first-order valence-corrected chi connectivity index (χ1v) is 6.88. The Morgan fingerprint density at radius 1 is 1.37 bits per heavy atom. The van der Waals surface area contributed by atoms with Crippen LogP contribution in [0.1, 0.15) is 19.8 Å². The third kappa shape index (κ3) is 4.11. The van der Waals surface area contributed by atoms with Gasteiger partial charge in [0.15, 0.2) is 0 Å². The Balaban J connectivity index is 2.07. The van der Waals surface area contributed by atoms with Crippen LogP contribution in [-0.4, -0.2) is 20.9 Å². The summed E-state index contributed by atoms with van der Waals surface area (Å²) in [5.74, 6) is 0.643. The molecule has 0 amide bonds. The smallest absolute Gasteiger partial charge is 0.138 e. The average molecular weight is 300 g/mol. The molecule has 2 aromatic rings. The van der Waals surface area contributed by atoms with Crippen LogP contribution in [0.5, 0.6) is 5.75 Å². The van der Waals surface area contributed by atoms with E-state index in [4.69, 9.17) is 27.9 Å². The minimum absolute atomic E-state index is 0.00498. The van der Waals surface area contributed by atoms with Crippen LogP contribution in [-0.2, 0) is 6.54 Å². The molecule has 0 aliphatic carbocycles. The number of ether oxygens (including phenoxy) is 1. The number of nitrogens with zero attached hydrogens (tertiary/aromatic N) is 3. The second-order valence-corrected chi connectivity index (χ2v) is 5.06. The molecule has 1 heterocycles. The largest absolute Gasteiger partial charge is 0.487 e. The minimum atomic E-state index is 0.00498. The van der Waals surface area contributed by atoms with Crippen molar-refractivity contribution in [3.05, 3.63) is 40.9 Å². The molecule has 0 aliphatic rings. The second kappa shape index (κ2) is 6.78. The highest BCUT2D eigenvalue weighted by atomic mass is 35.5. The minimum Gasteiger partial charge on any atom is -0.487 e. The zero-order valence-electron chi connectivity index (χ0n) is 10.6. The predicted molar refractivity (Wildman–Crippen MR) is 75.8 cm³/mol. The molecule has 0 N–H and O–H groups in total. The third-order valence-corrected chi connectivity index (χ3v) is 3.19. The van der Waals surface area contributed by atoms with Crippen LogP contribution in [0.15, 0.2) is 30.9 Å². The first-order chi connectivity index (χ1) is 9.19. The van der Waals surface area contributed by atoms with Crippen molar-refractivity contribution in [1.82, 2.24) is 14.8 Å². The topological polar surface area (TPSA) is 39.9 Å². The van der Waals surface area contributed by atoms with Gasteiger partial charge in [-0.15, -0.1) is 0 Å². The van der Waals surface area contributed by atoms with E-state index >= 15 is 0 Å². The maximum absolute atomic E-state index is 6.11. The summed E-state index contributed by atoms with van der Waals surface area (Å²) in [6.07, 6.45) is 5.13. The van der Waals surface area contributed by atoms with Crippen molar-refractivity contribution in [3.63, 3.8) is 0 Å². The van der Waals surface area contributed by atoms with Crippen LogP contribution >= 0.6 is 23.2 Å². The molecule has 1 atom stereocenters. The zero-order valence-corrected chi connectivity index (χ0v) is 12.1. The molecule has 102 valence electrons. The number of rotatable bonds is 6. The fourth-order valence-electron chi connectivity index (χ4n) is 1.80. The third-order valence-electron chi connectivity index (χ3n) is 2.66. The Morgan fingerprint density at radius 3 is 2.84 bits per heavy atom. The van der Waals surface area contributed by atoms with Gasteiger partial charge in [0.1, 0.15) is 24.5 Å². The summed E-state index contributed by atoms with van der Waals surface area (Å²) in [6.45, 7) is 2.76. The second-order valence-electron chi connectivity index (χ2n) is 4.22. The van der Waals surface area contributed by atoms with Crippen LogP contribution in [0.2, 0.25) is 10.0 Å². The van der Waals surface area contributed by atoms with Crippen LogP contribution in [0, 0.1) is 0 Å². The highest BCUT2D eigenvalue weighted by Crippen LogP contribution is 2.29. The number of hydrogen-bond acceptors (Lipinski definition) is 3. The lowest BCUT2D eigenvalue weighted by Crippen LogP contribution is -2.23. The highest BCUT2D eigenvalue weighted by Gasteiger charge is 2.13. The summed E-state index contributed by atoms with van der Waals surface area (Å²) in [7, 11) is 0. The zero-order chi connectivity index (χ0) is 13.7. The van der Waals surface area contributed by atoms with E-state index in [-0.39, 0.29) is 6.10 Å². The molecule has 19 heavy (non-hydrogen) atoms. The van der Waals surface area contributed by atoms with Gasteiger partial charge in [-0.25, -0.2) is 9.67 Å². The van der Waals surface area contributed by atoms with Crippen LogP contribution in [0.25, 0.3) is 0 Å². The van der Waals surface area contributed by atoms with Gasteiger partial charge in [-0.2, -0.15) is 5.10 Å². The molecule has 0 saturated carbocycles. The molecule has 0 aliphatic heterocycles. The summed E-state index contributed by atoms with van der Waals surface area (Å²) in [5, 5.41) is 5.21. The van der Waals surface area contributed by atoms with E-state index in [0.29, 0.717) is 22.3 Å². The van der Waals surface area contributed by atoms with Gasteiger partial charge in [-0.1, -0.05) is 36.5 Å². The summed E-state index contributed by atoms with van der Waals surface area (Å²) in [4.78, 5) is 3.92. The summed E-state index contributed by atoms with van der Waals surface area (Å²) < 4.78 is 7.69. The van der Waals surface area contributed by atoms with E-state index in [1.165, 1.54) is 6.33 Å². The van der Waals surface area contributed by atoms with E-state index < -0.39 is 0 Å². The van der Waals surface area contributed by atoms with Crippen molar-refractivity contribution in [2.75, 3.05) is 0 Å². The molecule has 2 rings (SSSR count). The summed E-state index contributed by atoms with van der Waals surface area (Å²) >= 11 is 12.0. The molecule has 0 radical (unpaired) electrons. The number of aromatic nitrogens is 3. The van der Waals surface area contributed by atoms with Gasteiger partial charge in [0.05, 0.1) is 11.6 Å². The first-order valence-electron chi connectivity index (χ1n) is 6.13. The van der Waals surface area contributed by atoms with Crippen LogP contribution in [0.4, 0.5) is 0 Å². The number of halogens is 2. The van der Waals surface area contributed by atoms with Crippen LogP contribution < -0.4 is 4.74 Å². The molecule has 1 unspecified atom stereocenters. The molecule has 6 heteroatoms. The summed E-state index contributed by atoms with van der Waals surface area (Å²) in [5.41, 5.74) is 0. The van der Waals surface area contributed by atoms with E-state index in [1.54, 1.807) is 29.2 Å². The van der Waals surface area contributed by atoms with Crippen molar-refractivity contribution in [3.8, 4) is 5.75 Å². The van der Waals surface area contributed by atoms with Gasteiger partial charge in [0.25, 0.3) is 0 Å². The average Bonchev–Trinajstić information content (AvgIpc) is 2.86. The fraction of sp³-hybridized carbons (Fsp3) is 0.385. The van der Waals surface area contributed by atoms with E-state index in [9.17, 15) is 0 Å². The number of hydrogen-bond donors (Lipinski definition) is 0. The van der Waals surface area contributed by atoms with Gasteiger partial charge in [-0.05, 0) is 24.6 Å². The van der Waals surface area contributed by atoms with Gasteiger partial charge in [0, 0.05) is 5.02 Å². The molecule has 0 spiro atoms. The maximum atomic E-state index is 6.11. The molecule has 0 saturated heterocycles. The Labute approximate surface area is 122 Å². The standard InChI is InChI=1S/C13H15Cl2N3O/c1-2-3-11(7-18-9-16-8-17-18)19-13-5-4-10(14)6-12(13)15/h4-6,8-9,11H,2-3,7H2,1H3. The van der Waals surface area contributed by atoms with E-state index in [1.807, 2.05) is 0 Å². The molecule has 1 aromatic heterocycles. The molecule has 1 aromatic carbocycles. The van der Waals surface area contributed by atoms with Gasteiger partial charge in [0.2, 0.25) is 0 Å². The lowest BCUT2D eigenvalue weighted by Gasteiger charge is -2.19.